The van der Waals surface area contributed by atoms with Crippen molar-refractivity contribution in [3.05, 3.63) is 58.9 Å². The monoisotopic (exact) mass is 320 g/mol. The van der Waals surface area contributed by atoms with E-state index in [0.29, 0.717) is 11.2 Å². The van der Waals surface area contributed by atoms with E-state index in [1.54, 1.807) is 6.07 Å². The molecule has 0 bridgehead atoms. The van der Waals surface area contributed by atoms with Crippen LogP contribution in [0.15, 0.2) is 53.3 Å². The highest BCUT2D eigenvalue weighted by molar-refractivity contribution is 5.79. The van der Waals surface area contributed by atoms with Gasteiger partial charge >= 0.3 is 0 Å². The van der Waals surface area contributed by atoms with Crippen molar-refractivity contribution in [1.29, 1.82) is 0 Å². The van der Waals surface area contributed by atoms with Gasteiger partial charge in [-0.05, 0) is 43.4 Å². The fourth-order valence-electron chi connectivity index (χ4n) is 3.12. The molecule has 1 aromatic heterocycles. The van der Waals surface area contributed by atoms with Crippen LogP contribution in [0.3, 0.4) is 0 Å². The summed E-state index contributed by atoms with van der Waals surface area (Å²) in [6, 6.07) is 15.7. The molecule has 1 N–H and O–H groups in total. The molecule has 0 atom stereocenters. The number of hydrogen-bond acceptors (Lipinski definition) is 4. The van der Waals surface area contributed by atoms with E-state index in [1.807, 2.05) is 30.3 Å². The maximum atomic E-state index is 12.2. The SMILES string of the molecule is CN1CCN(c2ccc(-c3nc4ccccc4c(=O)[nH]3)cc2)CC1. The molecule has 0 unspecified atom stereocenters. The molecule has 5 heteroatoms. The molecule has 0 saturated carbocycles. The van der Waals surface area contributed by atoms with Crippen LogP contribution in [-0.4, -0.2) is 48.1 Å². The zero-order valence-corrected chi connectivity index (χ0v) is 13.7. The van der Waals surface area contributed by atoms with Gasteiger partial charge in [-0.25, -0.2) is 4.98 Å². The van der Waals surface area contributed by atoms with Gasteiger partial charge in [-0.3, -0.25) is 4.79 Å². The van der Waals surface area contributed by atoms with Crippen molar-refractivity contribution in [2.75, 3.05) is 38.1 Å². The average Bonchev–Trinajstić information content (AvgIpc) is 2.62. The van der Waals surface area contributed by atoms with Crippen LogP contribution in [0, 0.1) is 0 Å². The lowest BCUT2D eigenvalue weighted by molar-refractivity contribution is 0.313. The third kappa shape index (κ3) is 2.78. The lowest BCUT2D eigenvalue weighted by Gasteiger charge is -2.34. The molecule has 5 nitrogen and oxygen atoms in total. The normalized spacial score (nSPS) is 15.8. The summed E-state index contributed by atoms with van der Waals surface area (Å²) in [5, 5.41) is 0.621. The van der Waals surface area contributed by atoms with Gasteiger partial charge in [0.25, 0.3) is 5.56 Å². The van der Waals surface area contributed by atoms with Crippen molar-refractivity contribution in [2.24, 2.45) is 0 Å². The summed E-state index contributed by atoms with van der Waals surface area (Å²) in [5.74, 6) is 0.614. The highest BCUT2D eigenvalue weighted by Gasteiger charge is 2.14. The predicted molar refractivity (Wildman–Crippen MR) is 97.5 cm³/mol. The van der Waals surface area contributed by atoms with Crippen LogP contribution in [0.4, 0.5) is 5.69 Å². The van der Waals surface area contributed by atoms with E-state index in [1.165, 1.54) is 5.69 Å². The molecule has 0 spiro atoms. The summed E-state index contributed by atoms with van der Waals surface area (Å²) in [6.45, 7) is 4.25. The van der Waals surface area contributed by atoms with Gasteiger partial charge in [-0.2, -0.15) is 0 Å². The smallest absolute Gasteiger partial charge is 0.259 e. The quantitative estimate of drug-likeness (QED) is 0.787. The first-order valence-corrected chi connectivity index (χ1v) is 8.24. The van der Waals surface area contributed by atoms with Gasteiger partial charge in [-0.15, -0.1) is 0 Å². The largest absolute Gasteiger partial charge is 0.369 e. The first kappa shape index (κ1) is 14.9. The Kier molecular flexibility index (Phi) is 3.78. The second-order valence-corrected chi connectivity index (χ2v) is 6.27. The van der Waals surface area contributed by atoms with Crippen molar-refractivity contribution in [2.45, 2.75) is 0 Å². The Morgan fingerprint density at radius 1 is 0.958 bits per heavy atom. The number of rotatable bonds is 2. The minimum Gasteiger partial charge on any atom is -0.369 e. The Bertz CT molecular complexity index is 909. The number of anilines is 1. The number of aromatic nitrogens is 2. The van der Waals surface area contributed by atoms with Crippen molar-refractivity contribution in [1.82, 2.24) is 14.9 Å². The van der Waals surface area contributed by atoms with Gasteiger partial charge in [0.1, 0.15) is 5.82 Å². The van der Waals surface area contributed by atoms with Crippen LogP contribution in [-0.2, 0) is 0 Å². The third-order valence-corrected chi connectivity index (χ3v) is 4.62. The number of aromatic amines is 1. The van der Waals surface area contributed by atoms with Crippen molar-refractivity contribution >= 4 is 16.6 Å². The first-order valence-electron chi connectivity index (χ1n) is 8.24. The van der Waals surface area contributed by atoms with Crippen LogP contribution < -0.4 is 10.5 Å². The van der Waals surface area contributed by atoms with E-state index in [9.17, 15) is 4.79 Å². The molecule has 0 radical (unpaired) electrons. The lowest BCUT2D eigenvalue weighted by atomic mass is 10.1. The molecule has 2 aromatic carbocycles. The minimum absolute atomic E-state index is 0.0984. The summed E-state index contributed by atoms with van der Waals surface area (Å²) in [7, 11) is 2.15. The van der Waals surface area contributed by atoms with Gasteiger partial charge in [0.05, 0.1) is 10.9 Å². The second-order valence-electron chi connectivity index (χ2n) is 6.27. The van der Waals surface area contributed by atoms with E-state index in [-0.39, 0.29) is 5.56 Å². The van der Waals surface area contributed by atoms with E-state index in [0.717, 1.165) is 37.3 Å². The number of hydrogen-bond donors (Lipinski definition) is 1. The molecular weight excluding hydrogens is 300 g/mol. The first-order chi connectivity index (χ1) is 11.7. The molecule has 122 valence electrons. The summed E-state index contributed by atoms with van der Waals surface area (Å²) < 4.78 is 0. The predicted octanol–water partition coefficient (Wildman–Crippen LogP) is 2.34. The molecule has 0 aliphatic carbocycles. The highest BCUT2D eigenvalue weighted by atomic mass is 16.1. The van der Waals surface area contributed by atoms with Gasteiger partial charge in [0, 0.05) is 37.4 Å². The summed E-state index contributed by atoms with van der Waals surface area (Å²) in [6.07, 6.45) is 0. The average molecular weight is 320 g/mol. The topological polar surface area (TPSA) is 52.2 Å². The molecule has 0 amide bonds. The molecule has 1 saturated heterocycles. The summed E-state index contributed by atoms with van der Waals surface area (Å²) >= 11 is 0. The fourth-order valence-corrected chi connectivity index (χ4v) is 3.12. The fraction of sp³-hybridized carbons (Fsp3) is 0.263. The third-order valence-electron chi connectivity index (χ3n) is 4.62. The zero-order chi connectivity index (χ0) is 16.5. The van der Waals surface area contributed by atoms with Crippen molar-refractivity contribution in [3.63, 3.8) is 0 Å². The Labute approximate surface area is 140 Å². The number of likely N-dealkylation sites (N-methyl/N-ethyl adjacent to an activating group) is 1. The van der Waals surface area contributed by atoms with Gasteiger partial charge < -0.3 is 14.8 Å². The number of fused-ring (bicyclic) bond motifs is 1. The van der Waals surface area contributed by atoms with E-state index in [4.69, 9.17) is 0 Å². The van der Waals surface area contributed by atoms with Crippen molar-refractivity contribution < 1.29 is 0 Å². The number of benzene rings is 2. The molecule has 1 aliphatic heterocycles. The molecule has 1 fully saturated rings. The number of para-hydroxylation sites is 1. The van der Waals surface area contributed by atoms with Crippen LogP contribution >= 0.6 is 0 Å². The molecule has 4 rings (SSSR count). The number of nitrogens with one attached hydrogen (secondary N) is 1. The summed E-state index contributed by atoms with van der Waals surface area (Å²) in [4.78, 5) is 24.4. The molecule has 1 aliphatic rings. The zero-order valence-electron chi connectivity index (χ0n) is 13.7. The van der Waals surface area contributed by atoms with E-state index < -0.39 is 0 Å². The lowest BCUT2D eigenvalue weighted by Crippen LogP contribution is -2.44. The molecule has 3 aromatic rings. The number of nitrogens with zero attached hydrogens (tertiary/aromatic N) is 3. The van der Waals surface area contributed by atoms with Crippen LogP contribution in [0.2, 0.25) is 0 Å². The maximum absolute atomic E-state index is 12.2. The van der Waals surface area contributed by atoms with Crippen molar-refractivity contribution in [3.8, 4) is 11.4 Å². The highest BCUT2D eigenvalue weighted by Crippen LogP contribution is 2.22. The van der Waals surface area contributed by atoms with E-state index in [2.05, 4.69) is 38.9 Å². The Morgan fingerprint density at radius 3 is 2.42 bits per heavy atom. The number of H-pyrrole nitrogens is 1. The summed E-state index contributed by atoms with van der Waals surface area (Å²) in [5.41, 5.74) is 2.77. The Morgan fingerprint density at radius 2 is 1.67 bits per heavy atom. The van der Waals surface area contributed by atoms with E-state index >= 15 is 0 Å². The molecule has 2 heterocycles. The number of piperazine rings is 1. The molecular formula is C19H20N4O. The maximum Gasteiger partial charge on any atom is 0.259 e. The van der Waals surface area contributed by atoms with Crippen LogP contribution in [0.1, 0.15) is 0 Å². The van der Waals surface area contributed by atoms with Crippen LogP contribution in [0.5, 0.6) is 0 Å². The Hall–Kier alpha value is -2.66. The molecule has 24 heavy (non-hydrogen) atoms. The van der Waals surface area contributed by atoms with Crippen LogP contribution in [0.25, 0.3) is 22.3 Å². The second kappa shape index (κ2) is 6.09. The minimum atomic E-state index is -0.0984. The van der Waals surface area contributed by atoms with Gasteiger partial charge in [0.15, 0.2) is 0 Å². The standard InChI is InChI=1S/C19H20N4O/c1-22-10-12-23(13-11-22)15-8-6-14(7-9-15)18-20-17-5-3-2-4-16(17)19(24)21-18/h2-9H,10-13H2,1H3,(H,20,21,24). The van der Waals surface area contributed by atoms with Gasteiger partial charge in [-0.1, -0.05) is 12.1 Å². The Balaban J connectivity index is 1.64. The van der Waals surface area contributed by atoms with Gasteiger partial charge in [0.2, 0.25) is 0 Å².